The fourth-order valence-corrected chi connectivity index (χ4v) is 13.3. The van der Waals surface area contributed by atoms with Crippen LogP contribution in [0.4, 0.5) is 0 Å². The van der Waals surface area contributed by atoms with Gasteiger partial charge in [-0.2, -0.15) is 0 Å². The van der Waals surface area contributed by atoms with Crippen LogP contribution >= 0.6 is 0 Å². The summed E-state index contributed by atoms with van der Waals surface area (Å²) in [5.41, 5.74) is -0.944. The third-order valence-electron chi connectivity index (χ3n) is 16.7. The molecule has 358 valence electrons. The third kappa shape index (κ3) is 8.43. The molecule has 19 heteroatoms. The fraction of sp³-hybridized carbons (Fsp3) is 0.909. The van der Waals surface area contributed by atoms with Crippen molar-refractivity contribution in [2.75, 3.05) is 26.9 Å². The summed E-state index contributed by atoms with van der Waals surface area (Å²) >= 11 is 0. The van der Waals surface area contributed by atoms with E-state index in [1.54, 1.807) is 6.92 Å². The molecule has 4 aliphatic heterocycles. The Balaban J connectivity index is 0.874. The van der Waals surface area contributed by atoms with Crippen LogP contribution in [0, 0.1) is 34.5 Å². The highest BCUT2D eigenvalue weighted by Crippen LogP contribution is 2.70. The molecular formula is C44H68O19. The summed E-state index contributed by atoms with van der Waals surface area (Å²) in [6.07, 6.45) is -10.8. The second-order valence-corrected chi connectivity index (χ2v) is 20.0. The average molecular weight is 901 g/mol. The van der Waals surface area contributed by atoms with Crippen LogP contribution in [0.3, 0.4) is 0 Å². The molecule has 0 amide bonds. The number of hydrogen-bond donors (Lipinski definition) is 8. The Morgan fingerprint density at radius 3 is 2.19 bits per heavy atom. The van der Waals surface area contributed by atoms with Gasteiger partial charge in [-0.1, -0.05) is 13.8 Å². The SMILES string of the molecule is CO[C@@H]1C[C@H](O[C@H]2CC[C@@]3(C)[C@H](CC[C@@H]4[C@@H]3CC[C@]3(C)[C@@H](C5=CC(=O)OC5)[C@@H](OC(C)=O)C[C@@]43O)C2)O[C@H](C)[C@@H]1O[C@@H]1O[C@H](CO[C@@H]2O[C@H](CO)[C@@H](O)[C@H](O)[C@H]2O)[C@@H](O)[C@H](O)[C@H]1O. The van der Waals surface area contributed by atoms with Crippen LogP contribution < -0.4 is 0 Å². The minimum absolute atomic E-state index is 0.000125. The van der Waals surface area contributed by atoms with Crippen LogP contribution in [0.2, 0.25) is 0 Å². The molecule has 3 saturated heterocycles. The monoisotopic (exact) mass is 900 g/mol. The summed E-state index contributed by atoms with van der Waals surface area (Å²) in [4.78, 5) is 24.5. The van der Waals surface area contributed by atoms with E-state index in [2.05, 4.69) is 13.8 Å². The zero-order valence-corrected chi connectivity index (χ0v) is 36.7. The fourth-order valence-electron chi connectivity index (χ4n) is 13.3. The summed E-state index contributed by atoms with van der Waals surface area (Å²) in [5.74, 6) is -0.528. The van der Waals surface area contributed by atoms with Crippen molar-refractivity contribution < 1.29 is 93.1 Å². The Labute approximate surface area is 366 Å². The van der Waals surface area contributed by atoms with Crippen molar-refractivity contribution >= 4 is 11.9 Å². The first-order valence-corrected chi connectivity index (χ1v) is 22.7. The molecule has 4 aliphatic carbocycles. The second kappa shape index (κ2) is 18.3. The van der Waals surface area contributed by atoms with E-state index in [9.17, 15) is 50.4 Å². The van der Waals surface area contributed by atoms with Gasteiger partial charge in [0.05, 0.1) is 37.1 Å². The number of carbonyl (C=O) groups excluding carboxylic acids is 2. The number of cyclic esters (lactones) is 1. The van der Waals surface area contributed by atoms with Crippen LogP contribution in [0.15, 0.2) is 11.6 Å². The second-order valence-electron chi connectivity index (χ2n) is 20.0. The van der Waals surface area contributed by atoms with Gasteiger partial charge >= 0.3 is 11.9 Å². The number of ether oxygens (including phenoxy) is 9. The first-order valence-electron chi connectivity index (χ1n) is 22.7. The summed E-state index contributed by atoms with van der Waals surface area (Å²) in [7, 11) is 1.52. The number of esters is 2. The number of fused-ring (bicyclic) bond motifs is 5. The smallest absolute Gasteiger partial charge is 0.331 e. The molecule has 7 fully saturated rings. The Morgan fingerprint density at radius 2 is 1.52 bits per heavy atom. The van der Waals surface area contributed by atoms with Gasteiger partial charge in [0.15, 0.2) is 18.9 Å². The number of carbonyl (C=O) groups is 2. The average Bonchev–Trinajstić information content (AvgIpc) is 3.76. The number of aliphatic hydroxyl groups excluding tert-OH is 7. The lowest BCUT2D eigenvalue weighted by Gasteiger charge is -2.63. The number of hydrogen-bond acceptors (Lipinski definition) is 19. The minimum Gasteiger partial charge on any atom is -0.462 e. The van der Waals surface area contributed by atoms with Gasteiger partial charge < -0.3 is 83.5 Å². The van der Waals surface area contributed by atoms with Gasteiger partial charge in [0.25, 0.3) is 0 Å². The Kier molecular flexibility index (Phi) is 13.8. The maximum Gasteiger partial charge on any atom is 0.331 e. The molecule has 8 aliphatic rings. The van der Waals surface area contributed by atoms with Gasteiger partial charge in [0.1, 0.15) is 67.6 Å². The quantitative estimate of drug-likeness (QED) is 0.0943. The molecule has 0 radical (unpaired) electrons. The lowest BCUT2D eigenvalue weighted by atomic mass is 9.43. The molecular weight excluding hydrogens is 832 g/mol. The van der Waals surface area contributed by atoms with E-state index in [1.807, 2.05) is 0 Å². The zero-order chi connectivity index (χ0) is 45.3. The predicted molar refractivity (Wildman–Crippen MR) is 213 cm³/mol. The van der Waals surface area contributed by atoms with Crippen molar-refractivity contribution in [3.8, 4) is 0 Å². The molecule has 19 nitrogen and oxygen atoms in total. The topological polar surface area (TPSA) is 279 Å². The van der Waals surface area contributed by atoms with E-state index in [0.717, 1.165) is 50.5 Å². The number of aliphatic hydroxyl groups is 8. The molecule has 8 rings (SSSR count). The Morgan fingerprint density at radius 1 is 0.825 bits per heavy atom. The van der Waals surface area contributed by atoms with Crippen molar-refractivity contribution in [1.82, 2.24) is 0 Å². The normalized spacial score (nSPS) is 52.3. The molecule has 63 heavy (non-hydrogen) atoms. The van der Waals surface area contributed by atoms with Crippen molar-refractivity contribution in [1.29, 1.82) is 0 Å². The van der Waals surface area contributed by atoms with E-state index in [0.29, 0.717) is 12.3 Å². The summed E-state index contributed by atoms with van der Waals surface area (Å²) in [6.45, 7) is 6.62. The highest BCUT2D eigenvalue weighted by atomic mass is 16.8. The Hall–Kier alpha value is -1.92. The van der Waals surface area contributed by atoms with Gasteiger partial charge in [-0.15, -0.1) is 0 Å². The van der Waals surface area contributed by atoms with Crippen molar-refractivity contribution in [2.24, 2.45) is 34.5 Å². The summed E-state index contributed by atoms with van der Waals surface area (Å²) < 4.78 is 53.1. The lowest BCUT2D eigenvalue weighted by Crippen LogP contribution is -2.63. The molecule has 0 bridgehead atoms. The van der Waals surface area contributed by atoms with Crippen molar-refractivity contribution in [3.05, 3.63) is 11.6 Å². The van der Waals surface area contributed by atoms with E-state index >= 15 is 0 Å². The molecule has 4 heterocycles. The van der Waals surface area contributed by atoms with Gasteiger partial charge in [-0.3, -0.25) is 4.79 Å². The largest absolute Gasteiger partial charge is 0.462 e. The first-order chi connectivity index (χ1) is 29.8. The van der Waals surface area contributed by atoms with E-state index in [1.165, 1.54) is 20.1 Å². The molecule has 0 spiro atoms. The van der Waals surface area contributed by atoms with E-state index in [-0.39, 0.29) is 42.3 Å². The van der Waals surface area contributed by atoms with Gasteiger partial charge in [-0.25, -0.2) is 4.79 Å². The standard InChI is InChI=1S/C44H68O19/c1-19-39(63-41-38(53)36(51)34(49)29(62-41)18-57-40-37(52)35(50)33(48)28(16-45)61-40)26(55-5)14-31(58-19)60-23-8-10-42(3)22(13-23)6-7-25-24(42)9-11-43(4)32(21-12-30(47)56-17-21)27(59-20(2)46)15-44(25,43)54/h12,19,22-29,31-41,45,48-54H,6-11,13-18H2,1-5H3/t19-,22-,23+,24+,25-,26-,27+,28-,29-,31+,32+,33-,34-,35+,36+,37-,38-,39+,40-,41+,42+,43-,44-/m1/s1. The summed E-state index contributed by atoms with van der Waals surface area (Å²) in [5, 5.41) is 85.4. The molecule has 0 aromatic heterocycles. The molecule has 0 aromatic rings. The third-order valence-corrected chi connectivity index (χ3v) is 16.7. The van der Waals surface area contributed by atoms with Gasteiger partial charge in [0, 0.05) is 44.3 Å². The van der Waals surface area contributed by atoms with Gasteiger partial charge in [-0.05, 0) is 80.6 Å². The summed E-state index contributed by atoms with van der Waals surface area (Å²) in [6, 6.07) is 0. The number of methoxy groups -OCH3 is 1. The predicted octanol–water partition coefficient (Wildman–Crippen LogP) is -0.671. The molecule has 8 N–H and O–H groups in total. The maximum atomic E-state index is 12.9. The number of rotatable bonds is 11. The highest BCUT2D eigenvalue weighted by Gasteiger charge is 2.71. The maximum absolute atomic E-state index is 12.9. The highest BCUT2D eigenvalue weighted by molar-refractivity contribution is 5.85. The molecule has 23 atom stereocenters. The van der Waals surface area contributed by atoms with Gasteiger partial charge in [0.2, 0.25) is 0 Å². The molecule has 4 saturated carbocycles. The van der Waals surface area contributed by atoms with Crippen LogP contribution in [0.25, 0.3) is 0 Å². The van der Waals surface area contributed by atoms with Crippen molar-refractivity contribution in [2.45, 2.75) is 189 Å². The van der Waals surface area contributed by atoms with E-state index in [4.69, 9.17) is 42.6 Å². The minimum atomic E-state index is -1.72. The molecule has 0 aromatic carbocycles. The van der Waals surface area contributed by atoms with Crippen LogP contribution in [-0.4, -0.2) is 184 Å². The van der Waals surface area contributed by atoms with E-state index < -0.39 is 128 Å². The van der Waals surface area contributed by atoms with Crippen LogP contribution in [-0.2, 0) is 52.2 Å². The molecule has 0 unspecified atom stereocenters. The Bertz CT molecular complexity index is 1680. The zero-order valence-electron chi connectivity index (χ0n) is 36.7. The van der Waals surface area contributed by atoms with Crippen molar-refractivity contribution in [3.63, 3.8) is 0 Å². The lowest BCUT2D eigenvalue weighted by molar-refractivity contribution is -0.355. The first kappa shape index (κ1) is 47.6. The van der Waals surface area contributed by atoms with Crippen LogP contribution in [0.5, 0.6) is 0 Å². The van der Waals surface area contributed by atoms with Crippen LogP contribution in [0.1, 0.15) is 85.5 Å².